The predicted molar refractivity (Wildman–Crippen MR) is 91.8 cm³/mol. The predicted octanol–water partition coefficient (Wildman–Crippen LogP) is 2.57. The summed E-state index contributed by atoms with van der Waals surface area (Å²) in [5.74, 6) is -0.311. The Hall–Kier alpha value is -2.80. The van der Waals surface area contributed by atoms with Gasteiger partial charge in [0.05, 0.1) is 18.0 Å². The standard InChI is InChI=1S/C18H19N3O4/c1-12-5-14(3-4-19-12)15-6-13(7-17(8-15)21(23)24)9-20-10-16(11-20)18(22)25-2/h3-8,16H,9-11H2,1-2H3. The maximum Gasteiger partial charge on any atom is 0.311 e. The van der Waals surface area contributed by atoms with Crippen LogP contribution < -0.4 is 0 Å². The first-order chi connectivity index (χ1) is 12.0. The molecule has 1 aliphatic rings. The number of benzene rings is 1. The van der Waals surface area contributed by atoms with Crippen LogP contribution in [-0.4, -0.2) is 41.0 Å². The van der Waals surface area contributed by atoms with Gasteiger partial charge in [0.2, 0.25) is 0 Å². The Bertz CT molecular complexity index is 816. The SMILES string of the molecule is COC(=O)C1CN(Cc2cc(-c3ccnc(C)c3)cc([N+](=O)[O-])c2)C1. The summed E-state index contributed by atoms with van der Waals surface area (Å²) in [6.07, 6.45) is 1.69. The molecule has 130 valence electrons. The Labute approximate surface area is 145 Å². The number of carbonyl (C=O) groups is 1. The molecule has 7 heteroatoms. The van der Waals surface area contributed by atoms with E-state index in [1.54, 1.807) is 18.3 Å². The van der Waals surface area contributed by atoms with Crippen molar-refractivity contribution in [3.63, 3.8) is 0 Å². The monoisotopic (exact) mass is 341 g/mol. The molecule has 2 aromatic rings. The molecule has 0 bridgehead atoms. The Morgan fingerprint density at radius 1 is 1.32 bits per heavy atom. The number of carbonyl (C=O) groups excluding carboxylic acids is 1. The zero-order valence-corrected chi connectivity index (χ0v) is 14.1. The van der Waals surface area contributed by atoms with Crippen molar-refractivity contribution in [3.05, 3.63) is 57.9 Å². The van der Waals surface area contributed by atoms with Crippen LogP contribution >= 0.6 is 0 Å². The molecular formula is C18H19N3O4. The van der Waals surface area contributed by atoms with Crippen LogP contribution in [0.25, 0.3) is 11.1 Å². The van der Waals surface area contributed by atoms with Gasteiger partial charge in [-0.15, -0.1) is 0 Å². The largest absolute Gasteiger partial charge is 0.469 e. The lowest BCUT2D eigenvalue weighted by molar-refractivity contribution is -0.384. The molecular weight excluding hydrogens is 322 g/mol. The molecule has 0 amide bonds. The fourth-order valence-corrected chi connectivity index (χ4v) is 3.04. The molecule has 0 unspecified atom stereocenters. The number of rotatable bonds is 5. The lowest BCUT2D eigenvalue weighted by Crippen LogP contribution is -2.49. The van der Waals surface area contributed by atoms with Crippen molar-refractivity contribution < 1.29 is 14.5 Å². The first kappa shape index (κ1) is 17.0. The van der Waals surface area contributed by atoms with Crippen molar-refractivity contribution in [2.45, 2.75) is 13.5 Å². The van der Waals surface area contributed by atoms with Crippen LogP contribution in [0.4, 0.5) is 5.69 Å². The van der Waals surface area contributed by atoms with E-state index in [0.717, 1.165) is 22.4 Å². The van der Waals surface area contributed by atoms with Crippen molar-refractivity contribution >= 4 is 11.7 Å². The molecule has 1 aliphatic heterocycles. The fourth-order valence-electron chi connectivity index (χ4n) is 3.04. The number of hydrogen-bond donors (Lipinski definition) is 0. The van der Waals surface area contributed by atoms with E-state index in [4.69, 9.17) is 4.74 Å². The first-order valence-electron chi connectivity index (χ1n) is 7.98. The zero-order chi connectivity index (χ0) is 18.0. The smallest absolute Gasteiger partial charge is 0.311 e. The Balaban J connectivity index is 1.82. The van der Waals surface area contributed by atoms with Gasteiger partial charge >= 0.3 is 5.97 Å². The topological polar surface area (TPSA) is 85.6 Å². The number of aryl methyl sites for hydroxylation is 1. The number of nitro benzene ring substituents is 1. The molecule has 2 heterocycles. The Kier molecular flexibility index (Phi) is 4.76. The molecule has 1 aromatic carbocycles. The molecule has 7 nitrogen and oxygen atoms in total. The van der Waals surface area contributed by atoms with Crippen molar-refractivity contribution in [2.24, 2.45) is 5.92 Å². The first-order valence-corrected chi connectivity index (χ1v) is 7.98. The second-order valence-corrected chi connectivity index (χ2v) is 6.25. The van der Waals surface area contributed by atoms with E-state index < -0.39 is 0 Å². The summed E-state index contributed by atoms with van der Waals surface area (Å²) in [5.41, 5.74) is 3.46. The number of likely N-dealkylation sites (tertiary alicyclic amines) is 1. The number of nitrogens with zero attached hydrogens (tertiary/aromatic N) is 3. The number of non-ortho nitro benzene ring substituents is 1. The van der Waals surface area contributed by atoms with E-state index in [9.17, 15) is 14.9 Å². The minimum Gasteiger partial charge on any atom is -0.469 e. The fraction of sp³-hybridized carbons (Fsp3) is 0.333. The number of aromatic nitrogens is 1. The van der Waals surface area contributed by atoms with Crippen LogP contribution in [0.5, 0.6) is 0 Å². The summed E-state index contributed by atoms with van der Waals surface area (Å²) >= 11 is 0. The van der Waals surface area contributed by atoms with Crippen molar-refractivity contribution in [1.82, 2.24) is 9.88 Å². The Morgan fingerprint density at radius 3 is 2.72 bits per heavy atom. The quantitative estimate of drug-likeness (QED) is 0.472. The summed E-state index contributed by atoms with van der Waals surface area (Å²) < 4.78 is 4.73. The highest BCUT2D eigenvalue weighted by Crippen LogP contribution is 2.28. The van der Waals surface area contributed by atoms with Crippen molar-refractivity contribution in [2.75, 3.05) is 20.2 Å². The third-order valence-corrected chi connectivity index (χ3v) is 4.32. The normalized spacial score (nSPS) is 14.8. The molecule has 0 atom stereocenters. The van der Waals surface area contributed by atoms with Crippen molar-refractivity contribution in [3.8, 4) is 11.1 Å². The number of hydrogen-bond acceptors (Lipinski definition) is 6. The van der Waals surface area contributed by atoms with E-state index >= 15 is 0 Å². The second-order valence-electron chi connectivity index (χ2n) is 6.25. The number of pyridine rings is 1. The summed E-state index contributed by atoms with van der Waals surface area (Å²) in [6.45, 7) is 3.67. The van der Waals surface area contributed by atoms with Gasteiger partial charge < -0.3 is 4.74 Å². The second kappa shape index (κ2) is 6.98. The molecule has 0 aliphatic carbocycles. The van der Waals surface area contributed by atoms with E-state index in [0.29, 0.717) is 19.6 Å². The molecule has 3 rings (SSSR count). The number of ether oxygens (including phenoxy) is 1. The number of nitro groups is 1. The highest BCUT2D eigenvalue weighted by molar-refractivity contribution is 5.73. The van der Waals surface area contributed by atoms with Crippen LogP contribution in [0.2, 0.25) is 0 Å². The van der Waals surface area contributed by atoms with Gasteiger partial charge in [0.15, 0.2) is 0 Å². The van der Waals surface area contributed by atoms with Gasteiger partial charge in [0.1, 0.15) is 0 Å². The van der Waals surface area contributed by atoms with Gasteiger partial charge in [-0.2, -0.15) is 0 Å². The average Bonchev–Trinajstić information content (AvgIpc) is 2.56. The summed E-state index contributed by atoms with van der Waals surface area (Å²) in [5, 5.41) is 11.3. The van der Waals surface area contributed by atoms with E-state index in [1.165, 1.54) is 7.11 Å². The summed E-state index contributed by atoms with van der Waals surface area (Å²) in [4.78, 5) is 28.6. The van der Waals surface area contributed by atoms with Crippen molar-refractivity contribution in [1.29, 1.82) is 0 Å². The van der Waals surface area contributed by atoms with E-state index in [1.807, 2.05) is 25.1 Å². The van der Waals surface area contributed by atoms with Gasteiger partial charge in [0, 0.05) is 43.7 Å². The van der Waals surface area contributed by atoms with E-state index in [2.05, 4.69) is 9.88 Å². The van der Waals surface area contributed by atoms with Gasteiger partial charge in [-0.3, -0.25) is 24.8 Å². The highest BCUT2D eigenvalue weighted by atomic mass is 16.6. The molecule has 0 saturated carbocycles. The van der Waals surface area contributed by atoms with Gasteiger partial charge in [-0.25, -0.2) is 0 Å². The van der Waals surface area contributed by atoms with Gasteiger partial charge in [0.25, 0.3) is 5.69 Å². The lowest BCUT2D eigenvalue weighted by Gasteiger charge is -2.37. The number of esters is 1. The van der Waals surface area contributed by atoms with Crippen LogP contribution in [0.1, 0.15) is 11.3 Å². The third-order valence-electron chi connectivity index (χ3n) is 4.32. The molecule has 1 saturated heterocycles. The number of methoxy groups -OCH3 is 1. The lowest BCUT2D eigenvalue weighted by atomic mass is 9.97. The molecule has 25 heavy (non-hydrogen) atoms. The summed E-state index contributed by atoms with van der Waals surface area (Å²) in [7, 11) is 1.38. The third kappa shape index (κ3) is 3.83. The van der Waals surface area contributed by atoms with Crippen LogP contribution in [0.3, 0.4) is 0 Å². The average molecular weight is 341 g/mol. The molecule has 0 radical (unpaired) electrons. The van der Waals surface area contributed by atoms with Gasteiger partial charge in [-0.05, 0) is 41.8 Å². The van der Waals surface area contributed by atoms with Crippen LogP contribution in [0, 0.1) is 23.0 Å². The maximum atomic E-state index is 11.5. The minimum absolute atomic E-state index is 0.0620. The Morgan fingerprint density at radius 2 is 2.08 bits per heavy atom. The maximum absolute atomic E-state index is 11.5. The summed E-state index contributed by atoms with van der Waals surface area (Å²) in [6, 6.07) is 8.86. The van der Waals surface area contributed by atoms with Crippen LogP contribution in [0.15, 0.2) is 36.5 Å². The molecule has 0 spiro atoms. The minimum atomic E-state index is -0.381. The van der Waals surface area contributed by atoms with E-state index in [-0.39, 0.29) is 22.5 Å². The zero-order valence-electron chi connectivity index (χ0n) is 14.1. The van der Waals surface area contributed by atoms with Gasteiger partial charge in [-0.1, -0.05) is 0 Å². The molecule has 1 aromatic heterocycles. The molecule has 0 N–H and O–H groups in total. The van der Waals surface area contributed by atoms with Crippen LogP contribution in [-0.2, 0) is 16.1 Å². The molecule has 1 fully saturated rings. The highest BCUT2D eigenvalue weighted by Gasteiger charge is 2.33.